The number of para-hydroxylation sites is 1. The molecule has 1 nitrogen and oxygen atoms in total. The van der Waals surface area contributed by atoms with Crippen molar-refractivity contribution in [3.05, 3.63) is 83.3 Å². The lowest BCUT2D eigenvalue weighted by molar-refractivity contribution is 0.669. The van der Waals surface area contributed by atoms with Gasteiger partial charge >= 0.3 is 0 Å². The molecule has 1 heterocycles. The Hall–Kier alpha value is -2.58. The Balaban J connectivity index is 1.91. The van der Waals surface area contributed by atoms with Crippen LogP contribution in [0.3, 0.4) is 0 Å². The molecule has 4 aromatic carbocycles. The normalized spacial score (nSPS) is 11.5. The van der Waals surface area contributed by atoms with Crippen molar-refractivity contribution in [2.75, 3.05) is 0 Å². The molecule has 0 fully saturated rings. The zero-order valence-electron chi connectivity index (χ0n) is 12.8. The third-order valence-corrected chi connectivity index (χ3v) is 5.08. The minimum atomic E-state index is 0.939. The molecule has 0 aliphatic rings. The number of hydrogen-bond donors (Lipinski definition) is 0. The summed E-state index contributed by atoms with van der Waals surface area (Å²) in [6.45, 7) is 0. The first-order valence-electron chi connectivity index (χ1n) is 7.90. The Morgan fingerprint density at radius 1 is 0.583 bits per heavy atom. The third kappa shape index (κ3) is 2.00. The third-order valence-electron chi connectivity index (χ3n) is 4.55. The van der Waals surface area contributed by atoms with Gasteiger partial charge in [0.05, 0.1) is 0 Å². The van der Waals surface area contributed by atoms with E-state index in [-0.39, 0.29) is 0 Å². The minimum Gasteiger partial charge on any atom is -0.456 e. The summed E-state index contributed by atoms with van der Waals surface area (Å²) >= 11 is 3.51. The molecule has 0 spiro atoms. The van der Waals surface area contributed by atoms with E-state index in [4.69, 9.17) is 4.42 Å². The van der Waals surface area contributed by atoms with Crippen molar-refractivity contribution >= 4 is 48.6 Å². The molecule has 0 aliphatic carbocycles. The molecule has 0 saturated heterocycles. The van der Waals surface area contributed by atoms with Gasteiger partial charge in [0.15, 0.2) is 0 Å². The first-order chi connectivity index (χ1) is 11.8. The van der Waals surface area contributed by atoms with Crippen molar-refractivity contribution in [1.82, 2.24) is 0 Å². The number of furan rings is 1. The lowest BCUT2D eigenvalue weighted by Crippen LogP contribution is -1.82. The maximum atomic E-state index is 6.02. The lowest BCUT2D eigenvalue weighted by Gasteiger charge is -2.08. The van der Waals surface area contributed by atoms with Crippen LogP contribution in [0.1, 0.15) is 0 Å². The number of fused-ring (bicyclic) bond motifs is 5. The van der Waals surface area contributed by atoms with Crippen LogP contribution in [0.4, 0.5) is 0 Å². The van der Waals surface area contributed by atoms with Crippen LogP contribution in [0.15, 0.2) is 87.8 Å². The highest BCUT2D eigenvalue weighted by molar-refractivity contribution is 9.10. The van der Waals surface area contributed by atoms with E-state index < -0.39 is 0 Å². The first kappa shape index (κ1) is 13.8. The molecule has 114 valence electrons. The second-order valence-corrected chi connectivity index (χ2v) is 6.86. The summed E-state index contributed by atoms with van der Waals surface area (Å²) in [5.41, 5.74) is 4.34. The molecular formula is C22H13BrO. The van der Waals surface area contributed by atoms with Crippen LogP contribution >= 0.6 is 15.9 Å². The number of rotatable bonds is 1. The van der Waals surface area contributed by atoms with Gasteiger partial charge in [-0.2, -0.15) is 0 Å². The highest BCUT2D eigenvalue weighted by atomic mass is 79.9. The van der Waals surface area contributed by atoms with Gasteiger partial charge in [0.25, 0.3) is 0 Å². The largest absolute Gasteiger partial charge is 0.456 e. The SMILES string of the molecule is Brc1ccc(-c2cccc3c2ccc2oc4ccccc4c23)cc1. The minimum absolute atomic E-state index is 0.939. The maximum absolute atomic E-state index is 6.02. The highest BCUT2D eigenvalue weighted by Crippen LogP contribution is 2.38. The summed E-state index contributed by atoms with van der Waals surface area (Å²) in [6, 6.07) is 27.4. The van der Waals surface area contributed by atoms with E-state index in [1.165, 1.54) is 32.7 Å². The molecule has 0 N–H and O–H groups in total. The van der Waals surface area contributed by atoms with Crippen molar-refractivity contribution in [2.45, 2.75) is 0 Å². The van der Waals surface area contributed by atoms with E-state index in [1.54, 1.807) is 0 Å². The Morgan fingerprint density at radius 2 is 1.38 bits per heavy atom. The summed E-state index contributed by atoms with van der Waals surface area (Å²) in [7, 11) is 0. The van der Waals surface area contributed by atoms with Gasteiger partial charge in [0, 0.05) is 15.2 Å². The van der Waals surface area contributed by atoms with Crippen LogP contribution in [0.25, 0.3) is 43.8 Å². The van der Waals surface area contributed by atoms with E-state index in [2.05, 4.69) is 82.7 Å². The molecule has 24 heavy (non-hydrogen) atoms. The molecule has 2 heteroatoms. The topological polar surface area (TPSA) is 13.1 Å². The zero-order valence-corrected chi connectivity index (χ0v) is 14.4. The van der Waals surface area contributed by atoms with Crippen molar-refractivity contribution in [3.63, 3.8) is 0 Å². The van der Waals surface area contributed by atoms with Crippen LogP contribution in [0, 0.1) is 0 Å². The maximum Gasteiger partial charge on any atom is 0.136 e. The number of halogens is 1. The average molecular weight is 373 g/mol. The quantitative estimate of drug-likeness (QED) is 0.304. The fourth-order valence-corrected chi connectivity index (χ4v) is 3.73. The van der Waals surface area contributed by atoms with E-state index in [9.17, 15) is 0 Å². The van der Waals surface area contributed by atoms with Gasteiger partial charge in [0.1, 0.15) is 11.2 Å². The Kier molecular flexibility index (Phi) is 3.00. The predicted molar refractivity (Wildman–Crippen MR) is 104 cm³/mol. The van der Waals surface area contributed by atoms with Crippen molar-refractivity contribution in [3.8, 4) is 11.1 Å². The number of benzene rings is 4. The average Bonchev–Trinajstić information content (AvgIpc) is 3.01. The fourth-order valence-electron chi connectivity index (χ4n) is 3.46. The van der Waals surface area contributed by atoms with Crippen LogP contribution in [-0.2, 0) is 0 Å². The first-order valence-corrected chi connectivity index (χ1v) is 8.69. The summed E-state index contributed by atoms with van der Waals surface area (Å²) in [4.78, 5) is 0. The summed E-state index contributed by atoms with van der Waals surface area (Å²) in [5.74, 6) is 0. The molecule has 0 bridgehead atoms. The molecule has 0 aliphatic heterocycles. The summed E-state index contributed by atoms with van der Waals surface area (Å²) < 4.78 is 7.11. The van der Waals surface area contributed by atoms with Gasteiger partial charge in [-0.05, 0) is 46.2 Å². The second kappa shape index (κ2) is 5.22. The molecule has 5 rings (SSSR count). The Morgan fingerprint density at radius 3 is 2.25 bits per heavy atom. The van der Waals surface area contributed by atoms with Crippen molar-refractivity contribution in [1.29, 1.82) is 0 Å². The monoisotopic (exact) mass is 372 g/mol. The van der Waals surface area contributed by atoms with Crippen LogP contribution < -0.4 is 0 Å². The Labute approximate surface area is 147 Å². The van der Waals surface area contributed by atoms with Gasteiger partial charge in [-0.25, -0.2) is 0 Å². The predicted octanol–water partition coefficient (Wildman–Crippen LogP) is 7.17. The van der Waals surface area contributed by atoms with Crippen LogP contribution in [-0.4, -0.2) is 0 Å². The summed E-state index contributed by atoms with van der Waals surface area (Å²) in [6.07, 6.45) is 0. The zero-order chi connectivity index (χ0) is 16.1. The molecular weight excluding hydrogens is 360 g/mol. The summed E-state index contributed by atoms with van der Waals surface area (Å²) in [5, 5.41) is 4.85. The molecule has 5 aromatic rings. The fraction of sp³-hybridized carbons (Fsp3) is 0. The van der Waals surface area contributed by atoms with Crippen molar-refractivity contribution in [2.24, 2.45) is 0 Å². The van der Waals surface area contributed by atoms with Gasteiger partial charge < -0.3 is 4.42 Å². The standard InChI is InChI=1S/C22H13BrO/c23-15-10-8-14(9-11-15)16-5-3-6-18-17(16)12-13-21-22(18)19-4-1-2-7-20(19)24-21/h1-13H. The van der Waals surface area contributed by atoms with E-state index >= 15 is 0 Å². The van der Waals surface area contributed by atoms with Gasteiger partial charge in [-0.1, -0.05) is 70.5 Å². The second-order valence-electron chi connectivity index (χ2n) is 5.94. The number of hydrogen-bond acceptors (Lipinski definition) is 1. The van der Waals surface area contributed by atoms with Gasteiger partial charge in [0.2, 0.25) is 0 Å². The van der Waals surface area contributed by atoms with E-state index in [0.717, 1.165) is 15.6 Å². The molecule has 0 atom stereocenters. The van der Waals surface area contributed by atoms with Crippen molar-refractivity contribution < 1.29 is 4.42 Å². The van der Waals surface area contributed by atoms with E-state index in [1.807, 2.05) is 12.1 Å². The lowest BCUT2D eigenvalue weighted by atomic mass is 9.96. The van der Waals surface area contributed by atoms with Gasteiger partial charge in [-0.3, -0.25) is 0 Å². The van der Waals surface area contributed by atoms with Crippen LogP contribution in [0.2, 0.25) is 0 Å². The van der Waals surface area contributed by atoms with Crippen LogP contribution in [0.5, 0.6) is 0 Å². The van der Waals surface area contributed by atoms with Gasteiger partial charge in [-0.15, -0.1) is 0 Å². The molecule has 0 unspecified atom stereocenters. The molecule has 0 radical (unpaired) electrons. The molecule has 0 saturated carbocycles. The highest BCUT2D eigenvalue weighted by Gasteiger charge is 2.12. The Bertz CT molecular complexity index is 1200. The smallest absolute Gasteiger partial charge is 0.136 e. The molecule has 1 aromatic heterocycles. The molecule has 0 amide bonds. The van der Waals surface area contributed by atoms with E-state index in [0.29, 0.717) is 0 Å².